The molecule has 0 fully saturated rings. The van der Waals surface area contributed by atoms with Crippen molar-refractivity contribution in [2.75, 3.05) is 18.5 Å². The van der Waals surface area contributed by atoms with Crippen LogP contribution >= 0.6 is 0 Å². The molecule has 2 aromatic rings. The van der Waals surface area contributed by atoms with E-state index in [1.54, 1.807) is 5.32 Å². The number of halogens is 6. The zero-order valence-electron chi connectivity index (χ0n) is 14.5. The lowest BCUT2D eigenvalue weighted by molar-refractivity contribution is -0.140. The molecule has 0 spiro atoms. The Kier molecular flexibility index (Phi) is 6.72. The molecule has 0 radical (unpaired) electrons. The molecule has 0 bridgehead atoms. The maximum Gasteiger partial charge on any atom is 0.416 e. The molecule has 2 N–H and O–H groups in total. The second kappa shape index (κ2) is 8.84. The standard InChI is InChI=1S/C18H14F6N2O3/c19-17(20,21)10-25-15(27)9-29-16(28)13-6-1-2-7-14(13)26-12-5-3-4-11(8-12)18(22,23)24/h1-8,26H,9-10H2,(H,25,27). The minimum absolute atomic E-state index is 0.0444. The van der Waals surface area contributed by atoms with Crippen LogP contribution in [-0.2, 0) is 15.7 Å². The number of carbonyl (C=O) groups is 2. The van der Waals surface area contributed by atoms with Crippen LogP contribution < -0.4 is 10.6 Å². The Morgan fingerprint density at radius 3 is 2.28 bits per heavy atom. The van der Waals surface area contributed by atoms with Crippen molar-refractivity contribution in [2.24, 2.45) is 0 Å². The summed E-state index contributed by atoms with van der Waals surface area (Å²) in [5.74, 6) is -2.19. The molecule has 0 unspecified atom stereocenters. The van der Waals surface area contributed by atoms with Gasteiger partial charge in [-0.2, -0.15) is 26.3 Å². The molecule has 0 aromatic heterocycles. The number of ether oxygens (including phenoxy) is 1. The number of hydrogen-bond acceptors (Lipinski definition) is 4. The van der Waals surface area contributed by atoms with E-state index in [0.717, 1.165) is 12.1 Å². The number of esters is 1. The third-order valence-electron chi connectivity index (χ3n) is 3.44. The molecule has 0 aliphatic heterocycles. The Labute approximate surface area is 160 Å². The number of benzene rings is 2. The highest BCUT2D eigenvalue weighted by Crippen LogP contribution is 2.32. The molecule has 0 heterocycles. The van der Waals surface area contributed by atoms with Gasteiger partial charge in [0.1, 0.15) is 6.54 Å². The van der Waals surface area contributed by atoms with Gasteiger partial charge in [-0.25, -0.2) is 4.79 Å². The average Bonchev–Trinajstić information content (AvgIpc) is 2.64. The van der Waals surface area contributed by atoms with Crippen LogP contribution in [0.3, 0.4) is 0 Å². The summed E-state index contributed by atoms with van der Waals surface area (Å²) in [6, 6.07) is 9.86. The highest BCUT2D eigenvalue weighted by Gasteiger charge is 2.30. The number of carbonyl (C=O) groups excluding carboxylic acids is 2. The molecule has 156 valence electrons. The van der Waals surface area contributed by atoms with Crippen LogP contribution in [0.25, 0.3) is 0 Å². The van der Waals surface area contributed by atoms with Gasteiger partial charge in [-0.05, 0) is 30.3 Å². The van der Waals surface area contributed by atoms with Gasteiger partial charge in [-0.1, -0.05) is 18.2 Å². The van der Waals surface area contributed by atoms with E-state index in [1.807, 2.05) is 0 Å². The van der Waals surface area contributed by atoms with Gasteiger partial charge in [0.2, 0.25) is 0 Å². The molecule has 11 heteroatoms. The molecule has 0 saturated heterocycles. The number of nitrogens with one attached hydrogen (secondary N) is 2. The number of rotatable bonds is 6. The van der Waals surface area contributed by atoms with E-state index < -0.39 is 42.9 Å². The van der Waals surface area contributed by atoms with Crippen molar-refractivity contribution in [1.82, 2.24) is 5.32 Å². The number of para-hydroxylation sites is 1. The Morgan fingerprint density at radius 2 is 1.62 bits per heavy atom. The summed E-state index contributed by atoms with van der Waals surface area (Å²) in [6.45, 7) is -2.52. The van der Waals surface area contributed by atoms with Gasteiger partial charge in [0.25, 0.3) is 5.91 Å². The first-order chi connectivity index (χ1) is 13.5. The van der Waals surface area contributed by atoms with E-state index >= 15 is 0 Å². The quantitative estimate of drug-likeness (QED) is 0.541. The molecule has 0 aliphatic rings. The van der Waals surface area contributed by atoms with Gasteiger partial charge < -0.3 is 15.4 Å². The fraction of sp³-hybridized carbons (Fsp3) is 0.222. The van der Waals surface area contributed by atoms with Crippen LogP contribution in [0.15, 0.2) is 48.5 Å². The van der Waals surface area contributed by atoms with E-state index in [9.17, 15) is 35.9 Å². The van der Waals surface area contributed by atoms with Crippen molar-refractivity contribution >= 4 is 23.3 Å². The first kappa shape index (κ1) is 22.1. The van der Waals surface area contributed by atoms with E-state index in [1.165, 1.54) is 36.4 Å². The fourth-order valence-corrected chi connectivity index (χ4v) is 2.16. The monoisotopic (exact) mass is 420 g/mol. The average molecular weight is 420 g/mol. The predicted octanol–water partition coefficient (Wildman–Crippen LogP) is 4.28. The van der Waals surface area contributed by atoms with Crippen LogP contribution in [-0.4, -0.2) is 31.2 Å². The van der Waals surface area contributed by atoms with Gasteiger partial charge in [0.05, 0.1) is 16.8 Å². The summed E-state index contributed by atoms with van der Waals surface area (Å²) in [7, 11) is 0. The van der Waals surface area contributed by atoms with Crippen molar-refractivity contribution in [3.63, 3.8) is 0 Å². The maximum atomic E-state index is 12.8. The molecule has 0 saturated carbocycles. The topological polar surface area (TPSA) is 67.4 Å². The molecule has 29 heavy (non-hydrogen) atoms. The second-order valence-corrected chi connectivity index (χ2v) is 5.72. The smallest absolute Gasteiger partial charge is 0.416 e. The van der Waals surface area contributed by atoms with Crippen LogP contribution in [0.2, 0.25) is 0 Å². The minimum atomic E-state index is -4.61. The minimum Gasteiger partial charge on any atom is -0.452 e. The highest BCUT2D eigenvalue weighted by molar-refractivity contribution is 5.97. The molecule has 1 amide bonds. The largest absolute Gasteiger partial charge is 0.452 e. The van der Waals surface area contributed by atoms with Crippen molar-refractivity contribution in [3.05, 3.63) is 59.7 Å². The molecule has 0 aliphatic carbocycles. The summed E-state index contributed by atoms with van der Waals surface area (Å²) >= 11 is 0. The van der Waals surface area contributed by atoms with Crippen LogP contribution in [0.4, 0.5) is 37.7 Å². The molecular formula is C18H14F6N2O3. The van der Waals surface area contributed by atoms with Gasteiger partial charge in [0.15, 0.2) is 6.61 Å². The van der Waals surface area contributed by atoms with E-state index in [2.05, 4.69) is 10.1 Å². The highest BCUT2D eigenvalue weighted by atomic mass is 19.4. The number of hydrogen-bond donors (Lipinski definition) is 2. The molecule has 2 rings (SSSR count). The summed E-state index contributed by atoms with van der Waals surface area (Å²) in [5.41, 5.74) is -0.882. The number of anilines is 2. The van der Waals surface area contributed by atoms with Gasteiger partial charge in [-0.3, -0.25) is 4.79 Å². The van der Waals surface area contributed by atoms with E-state index in [0.29, 0.717) is 0 Å². The second-order valence-electron chi connectivity index (χ2n) is 5.72. The first-order valence-corrected chi connectivity index (χ1v) is 7.99. The molecule has 2 aromatic carbocycles. The predicted molar refractivity (Wildman–Crippen MR) is 90.5 cm³/mol. The molecule has 5 nitrogen and oxygen atoms in total. The SMILES string of the molecule is O=C(COC(=O)c1ccccc1Nc1cccc(C(F)(F)F)c1)NCC(F)(F)F. The van der Waals surface area contributed by atoms with Crippen molar-refractivity contribution < 1.29 is 40.7 Å². The van der Waals surface area contributed by atoms with Crippen molar-refractivity contribution in [1.29, 1.82) is 0 Å². The lowest BCUT2D eigenvalue weighted by Gasteiger charge is -2.14. The third-order valence-corrected chi connectivity index (χ3v) is 3.44. The Balaban J connectivity index is 2.07. The van der Waals surface area contributed by atoms with Gasteiger partial charge in [0, 0.05) is 5.69 Å². The zero-order valence-corrected chi connectivity index (χ0v) is 14.5. The van der Waals surface area contributed by atoms with Crippen LogP contribution in [0.1, 0.15) is 15.9 Å². The fourth-order valence-electron chi connectivity index (χ4n) is 2.16. The molecule has 0 atom stereocenters. The van der Waals surface area contributed by atoms with Crippen molar-refractivity contribution in [2.45, 2.75) is 12.4 Å². The zero-order chi connectivity index (χ0) is 21.7. The van der Waals surface area contributed by atoms with E-state index in [4.69, 9.17) is 0 Å². The van der Waals surface area contributed by atoms with Gasteiger partial charge in [-0.15, -0.1) is 0 Å². The van der Waals surface area contributed by atoms with Crippen molar-refractivity contribution in [3.8, 4) is 0 Å². The summed E-state index contributed by atoms with van der Waals surface area (Å²) < 4.78 is 79.2. The summed E-state index contributed by atoms with van der Waals surface area (Å²) in [4.78, 5) is 23.5. The Morgan fingerprint density at radius 1 is 0.931 bits per heavy atom. The molecular weight excluding hydrogens is 406 g/mol. The van der Waals surface area contributed by atoms with Gasteiger partial charge >= 0.3 is 18.3 Å². The maximum absolute atomic E-state index is 12.8. The van der Waals surface area contributed by atoms with E-state index in [-0.39, 0.29) is 16.9 Å². The summed E-state index contributed by atoms with van der Waals surface area (Å²) in [5, 5.41) is 4.19. The summed E-state index contributed by atoms with van der Waals surface area (Å²) in [6.07, 6.45) is -9.17. The lowest BCUT2D eigenvalue weighted by Crippen LogP contribution is -2.36. The van der Waals surface area contributed by atoms with Crippen LogP contribution in [0.5, 0.6) is 0 Å². The number of amides is 1. The Bertz CT molecular complexity index is 880. The number of alkyl halides is 6. The first-order valence-electron chi connectivity index (χ1n) is 7.99. The lowest BCUT2D eigenvalue weighted by atomic mass is 10.1. The third kappa shape index (κ3) is 7.01. The Hall–Kier alpha value is -3.24. The normalized spacial score (nSPS) is 11.7. The van der Waals surface area contributed by atoms with Crippen LogP contribution in [0, 0.1) is 0 Å².